The van der Waals surface area contributed by atoms with Crippen molar-refractivity contribution < 1.29 is 21.6 Å². The first-order chi connectivity index (χ1) is 9.80. The second kappa shape index (κ2) is 7.88. The van der Waals surface area contributed by atoms with Gasteiger partial charge in [-0.05, 0) is 24.1 Å². The van der Waals surface area contributed by atoms with Crippen molar-refractivity contribution in [1.29, 1.82) is 0 Å². The highest BCUT2D eigenvalue weighted by atomic mass is 32.2. The summed E-state index contributed by atoms with van der Waals surface area (Å²) < 4.78 is 52.6. The molecular formula is C13H21NO5S2. The lowest BCUT2D eigenvalue weighted by Gasteiger charge is -2.07. The van der Waals surface area contributed by atoms with Gasteiger partial charge in [-0.15, -0.1) is 0 Å². The van der Waals surface area contributed by atoms with Crippen molar-refractivity contribution in [3.05, 3.63) is 29.8 Å². The smallest absolute Gasteiger partial charge is 0.179 e. The van der Waals surface area contributed by atoms with E-state index >= 15 is 0 Å². The van der Waals surface area contributed by atoms with Crippen LogP contribution in [0.1, 0.15) is 12.0 Å². The fraction of sp³-hybridized carbons (Fsp3) is 0.538. The Bertz CT molecular complexity index is 653. The monoisotopic (exact) mass is 335 g/mol. The van der Waals surface area contributed by atoms with Gasteiger partial charge in [0.25, 0.3) is 0 Å². The Balaban J connectivity index is 2.72. The van der Waals surface area contributed by atoms with Gasteiger partial charge in [-0.1, -0.05) is 12.1 Å². The van der Waals surface area contributed by atoms with E-state index < -0.39 is 25.4 Å². The van der Waals surface area contributed by atoms with E-state index in [1.54, 1.807) is 12.1 Å². The maximum atomic E-state index is 12.1. The summed E-state index contributed by atoms with van der Waals surface area (Å²) in [7, 11) is -5.53. The van der Waals surface area contributed by atoms with Crippen LogP contribution in [-0.4, -0.2) is 47.8 Å². The Morgan fingerprint density at radius 3 is 2.43 bits per heavy atom. The fourth-order valence-electron chi connectivity index (χ4n) is 1.75. The molecule has 1 aromatic rings. The highest BCUT2D eigenvalue weighted by molar-refractivity contribution is 7.95. The summed E-state index contributed by atoms with van der Waals surface area (Å²) >= 11 is 0. The summed E-state index contributed by atoms with van der Waals surface area (Å²) in [6, 6.07) is 6.25. The van der Waals surface area contributed by atoms with Crippen LogP contribution >= 0.6 is 0 Å². The van der Waals surface area contributed by atoms with Crippen molar-refractivity contribution in [2.75, 3.05) is 31.0 Å². The molecule has 0 heterocycles. The third-order valence-electron chi connectivity index (χ3n) is 2.96. The van der Waals surface area contributed by atoms with Crippen LogP contribution in [-0.2, 0) is 31.0 Å². The maximum Gasteiger partial charge on any atom is 0.179 e. The van der Waals surface area contributed by atoms with E-state index in [0.29, 0.717) is 18.6 Å². The first kappa shape index (κ1) is 18.1. The molecule has 1 rings (SSSR count). The molecule has 8 heteroatoms. The van der Waals surface area contributed by atoms with Gasteiger partial charge in [-0.3, -0.25) is 0 Å². The summed E-state index contributed by atoms with van der Waals surface area (Å²) in [6.45, 7) is 0.573. The number of ether oxygens (including phenoxy) is 1. The molecule has 0 aliphatic rings. The van der Waals surface area contributed by atoms with Crippen LogP contribution in [0, 0.1) is 0 Å². The summed E-state index contributed by atoms with van der Waals surface area (Å²) in [5.74, 6) is -0.874. The Morgan fingerprint density at radius 1 is 1.10 bits per heavy atom. The third kappa shape index (κ3) is 6.13. The zero-order valence-electron chi connectivity index (χ0n) is 12.0. The van der Waals surface area contributed by atoms with Crippen LogP contribution < -0.4 is 5.73 Å². The van der Waals surface area contributed by atoms with Gasteiger partial charge < -0.3 is 10.5 Å². The van der Waals surface area contributed by atoms with E-state index in [1.165, 1.54) is 19.2 Å². The lowest BCUT2D eigenvalue weighted by molar-refractivity contribution is 0.199. The molecule has 0 radical (unpaired) electrons. The highest BCUT2D eigenvalue weighted by Gasteiger charge is 2.20. The van der Waals surface area contributed by atoms with Gasteiger partial charge in [0.05, 0.1) is 22.2 Å². The largest absolute Gasteiger partial charge is 0.385 e. The Hall–Kier alpha value is -0.960. The molecule has 120 valence electrons. The van der Waals surface area contributed by atoms with Gasteiger partial charge in [0.15, 0.2) is 19.7 Å². The number of methoxy groups -OCH3 is 1. The molecule has 0 saturated heterocycles. The van der Waals surface area contributed by atoms with E-state index in [4.69, 9.17) is 10.5 Å². The van der Waals surface area contributed by atoms with E-state index in [2.05, 4.69) is 0 Å². The van der Waals surface area contributed by atoms with Gasteiger partial charge in [-0.2, -0.15) is 0 Å². The van der Waals surface area contributed by atoms with E-state index in [-0.39, 0.29) is 22.9 Å². The van der Waals surface area contributed by atoms with Crippen LogP contribution in [0.4, 0.5) is 0 Å². The second-order valence-corrected chi connectivity index (χ2v) is 9.08. The Morgan fingerprint density at radius 2 is 1.81 bits per heavy atom. The molecule has 21 heavy (non-hydrogen) atoms. The van der Waals surface area contributed by atoms with Gasteiger partial charge in [0, 0.05) is 20.3 Å². The lowest BCUT2D eigenvalue weighted by Crippen LogP contribution is -2.20. The topological polar surface area (TPSA) is 104 Å². The molecule has 0 aliphatic heterocycles. The predicted octanol–water partition coefficient (Wildman–Crippen LogP) is 0.370. The van der Waals surface area contributed by atoms with E-state index in [0.717, 1.165) is 0 Å². The number of sulfone groups is 2. The molecule has 0 amide bonds. The number of rotatable bonds is 9. The Kier molecular flexibility index (Phi) is 6.79. The average Bonchev–Trinajstić information content (AvgIpc) is 2.46. The molecule has 0 saturated carbocycles. The standard InChI is InChI=1S/C13H21NO5S2/c1-19-6-3-7-20(15,16)8-9-21(17,18)13-5-2-4-12(10-13)11-14/h2,4-5,10H,3,6-9,11,14H2,1H3. The zero-order chi connectivity index (χ0) is 15.9. The number of benzene rings is 1. The van der Waals surface area contributed by atoms with Gasteiger partial charge in [0.1, 0.15) is 0 Å². The Labute approximate surface area is 126 Å². The minimum Gasteiger partial charge on any atom is -0.385 e. The molecule has 0 unspecified atom stereocenters. The predicted molar refractivity (Wildman–Crippen MR) is 81.5 cm³/mol. The first-order valence-electron chi connectivity index (χ1n) is 6.52. The van der Waals surface area contributed by atoms with Crippen molar-refractivity contribution in [3.8, 4) is 0 Å². The highest BCUT2D eigenvalue weighted by Crippen LogP contribution is 2.14. The molecule has 0 aliphatic carbocycles. The van der Waals surface area contributed by atoms with Crippen molar-refractivity contribution in [3.63, 3.8) is 0 Å². The zero-order valence-corrected chi connectivity index (χ0v) is 13.6. The molecule has 0 atom stereocenters. The van der Waals surface area contributed by atoms with Crippen LogP contribution in [0.2, 0.25) is 0 Å². The summed E-state index contributed by atoms with van der Waals surface area (Å²) in [5.41, 5.74) is 6.16. The normalized spacial score (nSPS) is 12.5. The molecule has 0 fully saturated rings. The number of nitrogens with two attached hydrogens (primary N) is 1. The quantitative estimate of drug-likeness (QED) is 0.654. The average molecular weight is 335 g/mol. The van der Waals surface area contributed by atoms with Gasteiger partial charge in [-0.25, -0.2) is 16.8 Å². The number of hydrogen-bond donors (Lipinski definition) is 1. The van der Waals surface area contributed by atoms with E-state index in [1.807, 2.05) is 0 Å². The van der Waals surface area contributed by atoms with Crippen LogP contribution in [0.15, 0.2) is 29.2 Å². The molecule has 0 spiro atoms. The summed E-state index contributed by atoms with van der Waals surface area (Å²) in [4.78, 5) is 0.109. The second-order valence-electron chi connectivity index (χ2n) is 4.67. The molecule has 0 bridgehead atoms. The van der Waals surface area contributed by atoms with Crippen LogP contribution in [0.25, 0.3) is 0 Å². The first-order valence-corrected chi connectivity index (χ1v) is 9.99. The molecular weight excluding hydrogens is 314 g/mol. The minimum atomic E-state index is -3.62. The molecule has 1 aromatic carbocycles. The minimum absolute atomic E-state index is 0.0702. The van der Waals surface area contributed by atoms with Crippen molar-refractivity contribution >= 4 is 19.7 Å². The molecule has 6 nitrogen and oxygen atoms in total. The third-order valence-corrected chi connectivity index (χ3v) is 6.67. The van der Waals surface area contributed by atoms with E-state index in [9.17, 15) is 16.8 Å². The van der Waals surface area contributed by atoms with Crippen molar-refractivity contribution in [1.82, 2.24) is 0 Å². The number of hydrogen-bond acceptors (Lipinski definition) is 6. The molecule has 2 N–H and O–H groups in total. The van der Waals surface area contributed by atoms with Crippen molar-refractivity contribution in [2.24, 2.45) is 5.73 Å². The fourth-order valence-corrected chi connectivity index (χ4v) is 5.25. The van der Waals surface area contributed by atoms with Crippen LogP contribution in [0.3, 0.4) is 0 Å². The maximum absolute atomic E-state index is 12.1. The summed E-state index contributed by atoms with van der Waals surface area (Å²) in [5, 5.41) is 0. The van der Waals surface area contributed by atoms with Crippen LogP contribution in [0.5, 0.6) is 0 Å². The van der Waals surface area contributed by atoms with Crippen molar-refractivity contribution in [2.45, 2.75) is 17.9 Å². The van der Waals surface area contributed by atoms with Gasteiger partial charge in [0.2, 0.25) is 0 Å². The SMILES string of the molecule is COCCCS(=O)(=O)CCS(=O)(=O)c1cccc(CN)c1. The lowest BCUT2D eigenvalue weighted by atomic mass is 10.2. The van der Waals surface area contributed by atoms with Gasteiger partial charge >= 0.3 is 0 Å². The summed E-state index contributed by atoms with van der Waals surface area (Å²) in [6.07, 6.45) is 0.363. The molecule has 0 aromatic heterocycles.